The molecule has 0 bridgehead atoms. The second kappa shape index (κ2) is 6.06. The molecule has 1 atom stereocenters. The van der Waals surface area contributed by atoms with Gasteiger partial charge in [-0.2, -0.15) is 0 Å². The third-order valence-electron chi connectivity index (χ3n) is 3.57. The molecular weight excluding hydrogens is 248 g/mol. The van der Waals surface area contributed by atoms with Crippen molar-refractivity contribution >= 4 is 0 Å². The minimum atomic E-state index is 0.247. The van der Waals surface area contributed by atoms with Crippen molar-refractivity contribution in [2.24, 2.45) is 0 Å². The summed E-state index contributed by atoms with van der Waals surface area (Å²) in [7, 11) is 0. The topological polar surface area (TPSA) is 45.1 Å². The molecule has 0 saturated heterocycles. The number of hydrogen-bond acceptors (Lipinski definition) is 3. The summed E-state index contributed by atoms with van der Waals surface area (Å²) in [6.45, 7) is 9.16. The zero-order chi connectivity index (χ0) is 14.7. The fourth-order valence-electron chi connectivity index (χ4n) is 2.68. The van der Waals surface area contributed by atoms with Gasteiger partial charge in [0.1, 0.15) is 5.75 Å². The van der Waals surface area contributed by atoms with Crippen LogP contribution >= 0.6 is 0 Å². The highest BCUT2D eigenvalue weighted by Gasteiger charge is 2.12. The third kappa shape index (κ3) is 3.36. The minimum absolute atomic E-state index is 0.247. The number of hydrogen-bond donors (Lipinski definition) is 2. The summed E-state index contributed by atoms with van der Waals surface area (Å²) in [6.07, 6.45) is 0. The Labute approximate surface area is 120 Å². The number of phenols is 1. The van der Waals surface area contributed by atoms with Gasteiger partial charge in [0, 0.05) is 24.0 Å². The quantitative estimate of drug-likeness (QED) is 0.893. The summed E-state index contributed by atoms with van der Waals surface area (Å²) in [4.78, 5) is 4.55. The summed E-state index contributed by atoms with van der Waals surface area (Å²) >= 11 is 0. The molecule has 1 heterocycles. The van der Waals surface area contributed by atoms with Crippen LogP contribution in [0.15, 0.2) is 30.3 Å². The first kappa shape index (κ1) is 14.5. The summed E-state index contributed by atoms with van der Waals surface area (Å²) in [5.74, 6) is 0.302. The summed E-state index contributed by atoms with van der Waals surface area (Å²) in [6, 6.07) is 9.67. The Hall–Kier alpha value is -1.87. The number of aromatic nitrogens is 1. The number of benzene rings is 1. The highest BCUT2D eigenvalue weighted by atomic mass is 16.3. The zero-order valence-corrected chi connectivity index (χ0v) is 12.6. The van der Waals surface area contributed by atoms with Crippen molar-refractivity contribution in [2.75, 3.05) is 0 Å². The van der Waals surface area contributed by atoms with Gasteiger partial charge in [-0.15, -0.1) is 0 Å². The molecule has 0 aliphatic carbocycles. The lowest BCUT2D eigenvalue weighted by molar-refractivity contribution is 0.474. The molecule has 0 saturated carbocycles. The van der Waals surface area contributed by atoms with Crippen molar-refractivity contribution in [1.82, 2.24) is 10.3 Å². The van der Waals surface area contributed by atoms with E-state index in [-0.39, 0.29) is 6.04 Å². The van der Waals surface area contributed by atoms with Crippen molar-refractivity contribution in [2.45, 2.75) is 40.3 Å². The standard InChI is InChI=1S/C17H22N2O/c1-11-9-12(2)19-14(4)17(11)13(3)18-10-15-5-7-16(20)8-6-15/h5-9,13,18,20H,10H2,1-4H3. The van der Waals surface area contributed by atoms with Gasteiger partial charge in [0.05, 0.1) is 0 Å². The van der Waals surface area contributed by atoms with E-state index >= 15 is 0 Å². The van der Waals surface area contributed by atoms with E-state index in [9.17, 15) is 5.11 Å². The van der Waals surface area contributed by atoms with E-state index < -0.39 is 0 Å². The molecule has 2 rings (SSSR count). The molecule has 2 N–H and O–H groups in total. The molecule has 0 aliphatic rings. The predicted octanol–water partition coefficient (Wildman–Crippen LogP) is 3.56. The molecular formula is C17H22N2O. The van der Waals surface area contributed by atoms with Crippen LogP contribution in [0, 0.1) is 20.8 Å². The normalized spacial score (nSPS) is 12.4. The lowest BCUT2D eigenvalue weighted by atomic mass is 10.00. The number of aromatic hydroxyl groups is 1. The lowest BCUT2D eigenvalue weighted by Crippen LogP contribution is -2.20. The maximum absolute atomic E-state index is 9.28. The monoisotopic (exact) mass is 270 g/mol. The highest BCUT2D eigenvalue weighted by molar-refractivity contribution is 5.33. The maximum Gasteiger partial charge on any atom is 0.115 e. The van der Waals surface area contributed by atoms with Crippen LogP contribution in [0.25, 0.3) is 0 Å². The fraction of sp³-hybridized carbons (Fsp3) is 0.353. The summed E-state index contributed by atoms with van der Waals surface area (Å²) < 4.78 is 0. The Morgan fingerprint density at radius 3 is 2.40 bits per heavy atom. The third-order valence-corrected chi connectivity index (χ3v) is 3.57. The number of rotatable bonds is 4. The van der Waals surface area contributed by atoms with E-state index in [2.05, 4.69) is 37.1 Å². The van der Waals surface area contributed by atoms with Crippen LogP contribution in [0.1, 0.15) is 41.0 Å². The van der Waals surface area contributed by atoms with Crippen LogP contribution in [-0.4, -0.2) is 10.1 Å². The second-order valence-corrected chi connectivity index (χ2v) is 5.35. The van der Waals surface area contributed by atoms with Crippen molar-refractivity contribution < 1.29 is 5.11 Å². The van der Waals surface area contributed by atoms with Gasteiger partial charge in [-0.05, 0) is 62.6 Å². The van der Waals surface area contributed by atoms with Gasteiger partial charge in [-0.25, -0.2) is 0 Å². The largest absolute Gasteiger partial charge is 0.508 e. The molecule has 0 amide bonds. The van der Waals surface area contributed by atoms with Crippen LogP contribution in [0.3, 0.4) is 0 Å². The van der Waals surface area contributed by atoms with Gasteiger partial charge in [0.2, 0.25) is 0 Å². The van der Waals surface area contributed by atoms with Crippen LogP contribution < -0.4 is 5.32 Å². The van der Waals surface area contributed by atoms with Crippen LogP contribution in [0.5, 0.6) is 5.75 Å². The molecule has 106 valence electrons. The van der Waals surface area contributed by atoms with E-state index in [1.54, 1.807) is 12.1 Å². The molecule has 0 aliphatic heterocycles. The summed E-state index contributed by atoms with van der Waals surface area (Å²) in [5.41, 5.74) is 5.86. The van der Waals surface area contributed by atoms with Crippen molar-refractivity contribution in [3.63, 3.8) is 0 Å². The first-order valence-corrected chi connectivity index (χ1v) is 6.93. The average molecular weight is 270 g/mol. The van der Waals surface area contributed by atoms with Crippen molar-refractivity contribution in [1.29, 1.82) is 0 Å². The van der Waals surface area contributed by atoms with Crippen LogP contribution in [-0.2, 0) is 6.54 Å². The molecule has 0 fully saturated rings. The smallest absolute Gasteiger partial charge is 0.115 e. The maximum atomic E-state index is 9.28. The molecule has 3 heteroatoms. The highest BCUT2D eigenvalue weighted by Crippen LogP contribution is 2.21. The lowest BCUT2D eigenvalue weighted by Gasteiger charge is -2.19. The summed E-state index contributed by atoms with van der Waals surface area (Å²) in [5, 5.41) is 12.8. The van der Waals surface area contributed by atoms with E-state index in [4.69, 9.17) is 0 Å². The second-order valence-electron chi connectivity index (χ2n) is 5.35. The Bertz CT molecular complexity index is 567. The van der Waals surface area contributed by atoms with Gasteiger partial charge in [0.25, 0.3) is 0 Å². The Kier molecular flexibility index (Phi) is 4.40. The van der Waals surface area contributed by atoms with E-state index in [0.717, 1.165) is 23.5 Å². The average Bonchev–Trinajstić information content (AvgIpc) is 2.37. The fourth-order valence-corrected chi connectivity index (χ4v) is 2.68. The molecule has 0 radical (unpaired) electrons. The van der Waals surface area contributed by atoms with Gasteiger partial charge >= 0.3 is 0 Å². The number of nitrogens with zero attached hydrogens (tertiary/aromatic N) is 1. The molecule has 1 aromatic heterocycles. The Morgan fingerprint density at radius 1 is 1.15 bits per heavy atom. The first-order valence-electron chi connectivity index (χ1n) is 6.93. The van der Waals surface area contributed by atoms with E-state index in [1.807, 2.05) is 19.1 Å². The number of nitrogens with one attached hydrogen (secondary N) is 1. The number of pyridine rings is 1. The molecule has 0 spiro atoms. The molecule has 1 unspecified atom stereocenters. The number of phenolic OH excluding ortho intramolecular Hbond substituents is 1. The van der Waals surface area contributed by atoms with Gasteiger partial charge in [0.15, 0.2) is 0 Å². The van der Waals surface area contributed by atoms with Crippen LogP contribution in [0.2, 0.25) is 0 Å². The molecule has 2 aromatic rings. The molecule has 3 nitrogen and oxygen atoms in total. The number of aryl methyl sites for hydroxylation is 3. The van der Waals surface area contributed by atoms with E-state index in [1.165, 1.54) is 11.1 Å². The van der Waals surface area contributed by atoms with Crippen LogP contribution in [0.4, 0.5) is 0 Å². The first-order chi connectivity index (χ1) is 9.47. The van der Waals surface area contributed by atoms with Gasteiger partial charge in [-0.3, -0.25) is 4.98 Å². The van der Waals surface area contributed by atoms with Crippen molar-refractivity contribution in [3.8, 4) is 5.75 Å². The SMILES string of the molecule is Cc1cc(C)c(C(C)NCc2ccc(O)cc2)c(C)n1. The Balaban J connectivity index is 2.09. The molecule has 1 aromatic carbocycles. The zero-order valence-electron chi connectivity index (χ0n) is 12.6. The van der Waals surface area contributed by atoms with E-state index in [0.29, 0.717) is 5.75 Å². The van der Waals surface area contributed by atoms with Gasteiger partial charge in [-0.1, -0.05) is 12.1 Å². The molecule has 20 heavy (non-hydrogen) atoms. The van der Waals surface area contributed by atoms with Gasteiger partial charge < -0.3 is 10.4 Å². The predicted molar refractivity (Wildman–Crippen MR) is 81.8 cm³/mol. The van der Waals surface area contributed by atoms with Crippen molar-refractivity contribution in [3.05, 3.63) is 58.4 Å². The minimum Gasteiger partial charge on any atom is -0.508 e. The Morgan fingerprint density at radius 2 is 1.80 bits per heavy atom.